The lowest BCUT2D eigenvalue weighted by molar-refractivity contribution is -0.122. The van der Waals surface area contributed by atoms with Gasteiger partial charge >= 0.3 is 0 Å². The first-order valence-electron chi connectivity index (χ1n) is 9.05. The molecule has 0 aliphatic rings. The third-order valence-corrected chi connectivity index (χ3v) is 4.75. The highest BCUT2D eigenvalue weighted by Gasteiger charge is 2.14. The Balaban J connectivity index is 1.56. The number of nitrogens with zero attached hydrogens (tertiary/aromatic N) is 4. The number of aromatic nitrogens is 4. The summed E-state index contributed by atoms with van der Waals surface area (Å²) in [6.45, 7) is 1.92. The van der Waals surface area contributed by atoms with Crippen molar-refractivity contribution >= 4 is 23.0 Å². The Hall–Kier alpha value is -3.45. The summed E-state index contributed by atoms with van der Waals surface area (Å²) in [7, 11) is 0. The summed E-state index contributed by atoms with van der Waals surface area (Å²) >= 11 is 5.86. The van der Waals surface area contributed by atoms with Gasteiger partial charge in [-0.25, -0.2) is 9.20 Å². The molecule has 4 rings (SSSR count). The van der Waals surface area contributed by atoms with Gasteiger partial charge in [0, 0.05) is 17.1 Å². The lowest BCUT2D eigenvalue weighted by Crippen LogP contribution is -2.34. The quantitative estimate of drug-likeness (QED) is 0.551. The van der Waals surface area contributed by atoms with Gasteiger partial charge in [0.25, 0.3) is 5.56 Å². The SMILES string of the molecule is Cc1nn(CC(=O)NCc2ccc(Cl)cc2)c(=O)c2cc(-c3ccccc3)nn12. The Morgan fingerprint density at radius 3 is 2.52 bits per heavy atom. The third-order valence-electron chi connectivity index (χ3n) is 4.50. The molecule has 0 fully saturated rings. The second kappa shape index (κ2) is 7.89. The van der Waals surface area contributed by atoms with Gasteiger partial charge in [-0.15, -0.1) is 0 Å². The van der Waals surface area contributed by atoms with Crippen molar-refractivity contribution in [1.82, 2.24) is 24.7 Å². The fourth-order valence-corrected chi connectivity index (χ4v) is 3.15. The molecule has 29 heavy (non-hydrogen) atoms. The molecule has 0 spiro atoms. The molecule has 0 saturated carbocycles. The molecular formula is C21H18ClN5O2. The number of hydrogen-bond acceptors (Lipinski definition) is 4. The molecule has 0 bridgehead atoms. The lowest BCUT2D eigenvalue weighted by Gasteiger charge is -2.08. The van der Waals surface area contributed by atoms with Gasteiger partial charge in [0.1, 0.15) is 17.9 Å². The third kappa shape index (κ3) is 4.05. The highest BCUT2D eigenvalue weighted by Crippen LogP contribution is 2.18. The van der Waals surface area contributed by atoms with Gasteiger partial charge in [0.05, 0.1) is 5.69 Å². The molecule has 146 valence electrons. The zero-order valence-electron chi connectivity index (χ0n) is 15.7. The van der Waals surface area contributed by atoms with E-state index in [4.69, 9.17) is 11.6 Å². The molecule has 1 amide bonds. The molecule has 0 unspecified atom stereocenters. The van der Waals surface area contributed by atoms with Gasteiger partial charge in [-0.3, -0.25) is 9.59 Å². The van der Waals surface area contributed by atoms with Crippen LogP contribution in [0.2, 0.25) is 5.02 Å². The summed E-state index contributed by atoms with van der Waals surface area (Å²) in [5.74, 6) is 0.216. The Labute approximate surface area is 171 Å². The van der Waals surface area contributed by atoms with Gasteiger partial charge in [-0.2, -0.15) is 10.2 Å². The van der Waals surface area contributed by atoms with Crippen molar-refractivity contribution in [2.45, 2.75) is 20.0 Å². The Bertz CT molecular complexity index is 1230. The van der Waals surface area contributed by atoms with E-state index in [1.54, 1.807) is 25.1 Å². The first-order chi connectivity index (χ1) is 14.0. The summed E-state index contributed by atoms with van der Waals surface area (Å²) < 4.78 is 2.67. The van der Waals surface area contributed by atoms with Crippen molar-refractivity contribution in [2.75, 3.05) is 0 Å². The van der Waals surface area contributed by atoms with Crippen molar-refractivity contribution in [3.8, 4) is 11.3 Å². The predicted octanol–water partition coefficient (Wildman–Crippen LogP) is 2.84. The summed E-state index contributed by atoms with van der Waals surface area (Å²) in [6, 6.07) is 18.5. The van der Waals surface area contributed by atoms with Crippen LogP contribution in [0.1, 0.15) is 11.4 Å². The summed E-state index contributed by atoms with van der Waals surface area (Å²) in [5.41, 5.74) is 2.51. The van der Waals surface area contributed by atoms with E-state index in [9.17, 15) is 9.59 Å². The minimum absolute atomic E-state index is 0.171. The van der Waals surface area contributed by atoms with E-state index in [0.717, 1.165) is 15.8 Å². The van der Waals surface area contributed by atoms with Crippen LogP contribution in [0.25, 0.3) is 16.8 Å². The van der Waals surface area contributed by atoms with Crippen LogP contribution in [-0.2, 0) is 17.9 Å². The molecule has 2 aromatic heterocycles. The molecular weight excluding hydrogens is 390 g/mol. The summed E-state index contributed by atoms with van der Waals surface area (Å²) in [6.07, 6.45) is 0. The van der Waals surface area contributed by atoms with E-state index in [1.807, 2.05) is 42.5 Å². The number of fused-ring (bicyclic) bond motifs is 1. The molecule has 0 saturated heterocycles. The molecule has 2 heterocycles. The number of halogens is 1. The van der Waals surface area contributed by atoms with E-state index in [-0.39, 0.29) is 18.0 Å². The average Bonchev–Trinajstić information content (AvgIpc) is 3.18. The second-order valence-electron chi connectivity index (χ2n) is 6.61. The number of amides is 1. The minimum atomic E-state index is -0.369. The van der Waals surface area contributed by atoms with Crippen molar-refractivity contribution < 1.29 is 4.79 Å². The number of rotatable bonds is 5. The van der Waals surface area contributed by atoms with Crippen LogP contribution in [0.4, 0.5) is 0 Å². The molecule has 1 N–H and O–H groups in total. The first kappa shape index (κ1) is 18.9. The average molecular weight is 408 g/mol. The van der Waals surface area contributed by atoms with Crippen LogP contribution in [0.5, 0.6) is 0 Å². The second-order valence-corrected chi connectivity index (χ2v) is 7.04. The van der Waals surface area contributed by atoms with Crippen LogP contribution >= 0.6 is 11.6 Å². The lowest BCUT2D eigenvalue weighted by atomic mass is 10.1. The Morgan fingerprint density at radius 1 is 1.07 bits per heavy atom. The van der Waals surface area contributed by atoms with Crippen molar-refractivity contribution in [2.24, 2.45) is 0 Å². The maximum absolute atomic E-state index is 12.8. The van der Waals surface area contributed by atoms with Crippen LogP contribution in [0.15, 0.2) is 65.5 Å². The number of nitrogens with one attached hydrogen (secondary N) is 1. The fraction of sp³-hybridized carbons (Fsp3) is 0.143. The summed E-state index contributed by atoms with van der Waals surface area (Å²) in [4.78, 5) is 25.1. The molecule has 8 heteroatoms. The molecule has 4 aromatic rings. The molecule has 0 aliphatic heterocycles. The van der Waals surface area contributed by atoms with Crippen LogP contribution in [-0.4, -0.2) is 25.3 Å². The number of carbonyl (C=O) groups excluding carboxylic acids is 1. The largest absolute Gasteiger partial charge is 0.350 e. The Morgan fingerprint density at radius 2 is 1.79 bits per heavy atom. The first-order valence-corrected chi connectivity index (χ1v) is 9.43. The van der Waals surface area contributed by atoms with Gasteiger partial charge < -0.3 is 5.32 Å². The van der Waals surface area contributed by atoms with E-state index < -0.39 is 0 Å². The topological polar surface area (TPSA) is 81.3 Å². The van der Waals surface area contributed by atoms with E-state index >= 15 is 0 Å². The number of aryl methyl sites for hydroxylation is 1. The highest BCUT2D eigenvalue weighted by atomic mass is 35.5. The predicted molar refractivity (Wildman–Crippen MR) is 111 cm³/mol. The number of carbonyl (C=O) groups is 1. The maximum atomic E-state index is 12.8. The molecule has 0 radical (unpaired) electrons. The van der Waals surface area contributed by atoms with Gasteiger partial charge in [-0.1, -0.05) is 54.1 Å². The zero-order valence-corrected chi connectivity index (χ0v) is 16.4. The van der Waals surface area contributed by atoms with Crippen molar-refractivity contribution in [3.05, 3.63) is 87.4 Å². The number of hydrogen-bond donors (Lipinski definition) is 1. The van der Waals surface area contributed by atoms with Crippen LogP contribution in [0.3, 0.4) is 0 Å². The van der Waals surface area contributed by atoms with Crippen LogP contribution in [0, 0.1) is 6.92 Å². The van der Waals surface area contributed by atoms with Gasteiger partial charge in [0.2, 0.25) is 5.91 Å². The molecule has 7 nitrogen and oxygen atoms in total. The van der Waals surface area contributed by atoms with Gasteiger partial charge in [0.15, 0.2) is 0 Å². The monoisotopic (exact) mass is 407 g/mol. The summed E-state index contributed by atoms with van der Waals surface area (Å²) in [5, 5.41) is 12.1. The smallest absolute Gasteiger partial charge is 0.293 e. The Kier molecular flexibility index (Phi) is 5.14. The standard InChI is InChI=1S/C21H18ClN5O2/c1-14-24-26(13-20(28)23-12-15-7-9-17(22)10-8-15)21(29)19-11-18(25-27(14)19)16-5-3-2-4-6-16/h2-11H,12-13H2,1H3,(H,23,28). The zero-order chi connectivity index (χ0) is 20.4. The van der Waals surface area contributed by atoms with Crippen molar-refractivity contribution in [3.63, 3.8) is 0 Å². The van der Waals surface area contributed by atoms with Crippen LogP contribution < -0.4 is 10.9 Å². The normalized spacial score (nSPS) is 11.0. The highest BCUT2D eigenvalue weighted by molar-refractivity contribution is 6.30. The fourth-order valence-electron chi connectivity index (χ4n) is 3.03. The molecule has 2 aromatic carbocycles. The minimum Gasteiger partial charge on any atom is -0.350 e. The maximum Gasteiger partial charge on any atom is 0.293 e. The molecule has 0 atom stereocenters. The van der Waals surface area contributed by atoms with E-state index in [0.29, 0.717) is 28.6 Å². The van der Waals surface area contributed by atoms with Crippen molar-refractivity contribution in [1.29, 1.82) is 0 Å². The molecule has 0 aliphatic carbocycles. The van der Waals surface area contributed by atoms with E-state index in [2.05, 4.69) is 15.5 Å². The number of benzene rings is 2. The van der Waals surface area contributed by atoms with E-state index in [1.165, 1.54) is 4.52 Å². The van der Waals surface area contributed by atoms with Gasteiger partial charge in [-0.05, 0) is 30.7 Å².